The van der Waals surface area contributed by atoms with Crippen LogP contribution in [0.1, 0.15) is 39.0 Å². The van der Waals surface area contributed by atoms with Crippen molar-refractivity contribution in [3.63, 3.8) is 0 Å². The molecule has 0 atom stereocenters. The second kappa shape index (κ2) is 3.22. The Hall–Kier alpha value is -0.570. The highest BCUT2D eigenvalue weighted by atomic mass is 16.5. The van der Waals surface area contributed by atoms with Gasteiger partial charge in [-0.2, -0.15) is 0 Å². The Morgan fingerprint density at radius 3 is 2.55 bits per heavy atom. The van der Waals surface area contributed by atoms with Crippen LogP contribution >= 0.6 is 0 Å². The van der Waals surface area contributed by atoms with Gasteiger partial charge < -0.3 is 0 Å². The summed E-state index contributed by atoms with van der Waals surface area (Å²) in [5.74, 6) is -0.189. The van der Waals surface area contributed by atoms with Crippen LogP contribution in [0.25, 0.3) is 0 Å². The molecule has 1 amide bonds. The summed E-state index contributed by atoms with van der Waals surface area (Å²) in [7, 11) is 0. The van der Waals surface area contributed by atoms with Gasteiger partial charge in [-0.1, -0.05) is 19.8 Å². The fourth-order valence-electron chi connectivity index (χ4n) is 1.79. The van der Waals surface area contributed by atoms with Crippen LogP contribution in [-0.4, -0.2) is 11.1 Å². The van der Waals surface area contributed by atoms with E-state index in [1.807, 2.05) is 0 Å². The van der Waals surface area contributed by atoms with Crippen molar-refractivity contribution in [2.45, 2.75) is 39.0 Å². The summed E-state index contributed by atoms with van der Waals surface area (Å²) in [6, 6.07) is 0. The van der Waals surface area contributed by atoms with Crippen LogP contribution in [0.5, 0.6) is 0 Å². The molecule has 0 aromatic rings. The molecule has 0 spiro atoms. The number of carbonyl (C=O) groups is 1. The second-order valence-corrected chi connectivity index (χ2v) is 3.32. The molecule has 11 heavy (non-hydrogen) atoms. The zero-order valence-corrected chi connectivity index (χ0v) is 6.89. The van der Waals surface area contributed by atoms with E-state index < -0.39 is 0 Å². The first-order chi connectivity index (χ1) is 5.25. The lowest BCUT2D eigenvalue weighted by atomic mass is 9.65. The van der Waals surface area contributed by atoms with Gasteiger partial charge in [0, 0.05) is 0 Å². The van der Waals surface area contributed by atoms with E-state index in [4.69, 9.17) is 5.21 Å². The molecule has 1 saturated carbocycles. The summed E-state index contributed by atoms with van der Waals surface area (Å²) in [5.41, 5.74) is 1.53. The standard InChI is InChI=1S/C8H15NO2/c1-2-4-8(5-3-6-8)7(10)9-11/h11H,2-6H2,1H3,(H,9,10). The molecule has 3 heteroatoms. The Kier molecular flexibility index (Phi) is 2.49. The Morgan fingerprint density at radius 2 is 2.27 bits per heavy atom. The minimum Gasteiger partial charge on any atom is -0.289 e. The molecule has 3 nitrogen and oxygen atoms in total. The fraction of sp³-hybridized carbons (Fsp3) is 0.875. The van der Waals surface area contributed by atoms with Gasteiger partial charge >= 0.3 is 0 Å². The third kappa shape index (κ3) is 1.38. The van der Waals surface area contributed by atoms with E-state index in [2.05, 4.69) is 6.92 Å². The number of hydroxylamine groups is 1. The number of amides is 1. The van der Waals surface area contributed by atoms with E-state index in [9.17, 15) is 4.79 Å². The van der Waals surface area contributed by atoms with Crippen molar-refractivity contribution >= 4 is 5.91 Å². The van der Waals surface area contributed by atoms with Gasteiger partial charge in [0.15, 0.2) is 0 Å². The molecular formula is C8H15NO2. The lowest BCUT2D eigenvalue weighted by Gasteiger charge is -2.39. The van der Waals surface area contributed by atoms with Crippen molar-refractivity contribution in [1.82, 2.24) is 5.48 Å². The second-order valence-electron chi connectivity index (χ2n) is 3.32. The maximum absolute atomic E-state index is 11.1. The summed E-state index contributed by atoms with van der Waals surface area (Å²) in [6.07, 6.45) is 4.90. The van der Waals surface area contributed by atoms with E-state index >= 15 is 0 Å². The van der Waals surface area contributed by atoms with Gasteiger partial charge in [0.25, 0.3) is 0 Å². The Bertz CT molecular complexity index is 152. The summed E-state index contributed by atoms with van der Waals surface area (Å²) in [5, 5.41) is 8.46. The van der Waals surface area contributed by atoms with Crippen LogP contribution in [0.15, 0.2) is 0 Å². The van der Waals surface area contributed by atoms with Crippen molar-refractivity contribution in [2.75, 3.05) is 0 Å². The minimum absolute atomic E-state index is 0.189. The maximum Gasteiger partial charge on any atom is 0.249 e. The van der Waals surface area contributed by atoms with Crippen LogP contribution in [0, 0.1) is 5.41 Å². The smallest absolute Gasteiger partial charge is 0.249 e. The van der Waals surface area contributed by atoms with Crippen LogP contribution < -0.4 is 5.48 Å². The quantitative estimate of drug-likeness (QED) is 0.481. The first-order valence-electron chi connectivity index (χ1n) is 4.20. The van der Waals surface area contributed by atoms with Gasteiger partial charge in [-0.25, -0.2) is 5.48 Å². The van der Waals surface area contributed by atoms with Gasteiger partial charge in [0.2, 0.25) is 5.91 Å². The molecule has 2 N–H and O–H groups in total. The first-order valence-corrected chi connectivity index (χ1v) is 4.20. The molecule has 1 aliphatic carbocycles. The van der Waals surface area contributed by atoms with Crippen LogP contribution in [0.3, 0.4) is 0 Å². The molecule has 0 radical (unpaired) electrons. The molecule has 0 heterocycles. The highest BCUT2D eigenvalue weighted by Gasteiger charge is 2.42. The average molecular weight is 157 g/mol. The SMILES string of the molecule is CCCC1(C(=O)NO)CCC1. The highest BCUT2D eigenvalue weighted by molar-refractivity contribution is 5.82. The number of carbonyl (C=O) groups excluding carboxylic acids is 1. The van der Waals surface area contributed by atoms with Gasteiger partial charge in [-0.15, -0.1) is 0 Å². The molecule has 1 fully saturated rings. The summed E-state index contributed by atoms with van der Waals surface area (Å²) < 4.78 is 0. The van der Waals surface area contributed by atoms with E-state index in [-0.39, 0.29) is 11.3 Å². The fourth-order valence-corrected chi connectivity index (χ4v) is 1.79. The normalized spacial score (nSPS) is 20.5. The molecule has 0 unspecified atom stereocenters. The van der Waals surface area contributed by atoms with Gasteiger partial charge in [-0.05, 0) is 19.3 Å². The van der Waals surface area contributed by atoms with Crippen LogP contribution in [0.2, 0.25) is 0 Å². The minimum atomic E-state index is -0.219. The molecule has 1 aliphatic rings. The third-order valence-electron chi connectivity index (χ3n) is 2.62. The lowest BCUT2D eigenvalue weighted by molar-refractivity contribution is -0.145. The predicted molar refractivity (Wildman–Crippen MR) is 41.1 cm³/mol. The summed E-state index contributed by atoms with van der Waals surface area (Å²) in [6.45, 7) is 2.06. The highest BCUT2D eigenvalue weighted by Crippen LogP contribution is 2.44. The first kappa shape index (κ1) is 8.53. The molecule has 0 saturated heterocycles. The van der Waals surface area contributed by atoms with Crippen molar-refractivity contribution in [1.29, 1.82) is 0 Å². The topological polar surface area (TPSA) is 49.3 Å². The van der Waals surface area contributed by atoms with E-state index in [0.717, 1.165) is 32.1 Å². The molecular weight excluding hydrogens is 142 g/mol. The molecule has 0 aromatic carbocycles. The summed E-state index contributed by atoms with van der Waals surface area (Å²) in [4.78, 5) is 11.1. The van der Waals surface area contributed by atoms with Gasteiger partial charge in [0.05, 0.1) is 5.41 Å². The average Bonchev–Trinajstić information content (AvgIpc) is 1.95. The van der Waals surface area contributed by atoms with E-state index in [0.29, 0.717) is 0 Å². The van der Waals surface area contributed by atoms with Crippen LogP contribution in [-0.2, 0) is 4.79 Å². The number of nitrogens with one attached hydrogen (secondary N) is 1. The van der Waals surface area contributed by atoms with E-state index in [1.54, 1.807) is 5.48 Å². The van der Waals surface area contributed by atoms with Gasteiger partial charge in [0.1, 0.15) is 0 Å². The van der Waals surface area contributed by atoms with Gasteiger partial charge in [-0.3, -0.25) is 10.0 Å². The third-order valence-corrected chi connectivity index (χ3v) is 2.62. The molecule has 0 bridgehead atoms. The van der Waals surface area contributed by atoms with Crippen molar-refractivity contribution < 1.29 is 10.0 Å². The zero-order valence-electron chi connectivity index (χ0n) is 6.89. The molecule has 0 aromatic heterocycles. The largest absolute Gasteiger partial charge is 0.289 e. The summed E-state index contributed by atoms with van der Waals surface area (Å²) >= 11 is 0. The zero-order chi connectivity index (χ0) is 8.32. The number of hydrogen-bond donors (Lipinski definition) is 2. The Balaban J connectivity index is 2.52. The van der Waals surface area contributed by atoms with Crippen molar-refractivity contribution in [3.05, 3.63) is 0 Å². The monoisotopic (exact) mass is 157 g/mol. The lowest BCUT2D eigenvalue weighted by Crippen LogP contribution is -2.44. The number of rotatable bonds is 3. The number of hydrogen-bond acceptors (Lipinski definition) is 2. The Morgan fingerprint density at radius 1 is 1.64 bits per heavy atom. The van der Waals surface area contributed by atoms with Crippen molar-refractivity contribution in [3.8, 4) is 0 Å². The van der Waals surface area contributed by atoms with Crippen LogP contribution in [0.4, 0.5) is 0 Å². The molecule has 1 rings (SSSR count). The maximum atomic E-state index is 11.1. The molecule has 0 aliphatic heterocycles. The molecule has 64 valence electrons. The Labute approximate surface area is 66.7 Å². The van der Waals surface area contributed by atoms with Crippen molar-refractivity contribution in [2.24, 2.45) is 5.41 Å². The van der Waals surface area contributed by atoms with E-state index in [1.165, 1.54) is 0 Å². The predicted octanol–water partition coefficient (Wildman–Crippen LogP) is 1.46.